The van der Waals surface area contributed by atoms with Gasteiger partial charge < -0.3 is 16.2 Å². The number of anilines is 2. The van der Waals surface area contributed by atoms with Gasteiger partial charge in [-0.1, -0.05) is 0 Å². The number of hydrogen-bond donors (Lipinski definition) is 5. The minimum Gasteiger partial charge on any atom is -0.476 e. The molecule has 0 spiro atoms. The Bertz CT molecular complexity index is 1020. The number of aromatic nitrogens is 1. The molecule has 0 fully saturated rings. The molecule has 0 bridgehead atoms. The quantitative estimate of drug-likeness (QED) is 0.334. The largest absolute Gasteiger partial charge is 0.476 e. The Hall–Kier alpha value is -3.06. The molecule has 0 aliphatic carbocycles. The SMILES string of the molecule is CC(C(=N)N)C(=O)Nc1ccc(S(=O)(=O)Nc2scnc2C(=O)O)cc1F. The molecule has 0 radical (unpaired) electrons. The van der Waals surface area contributed by atoms with Gasteiger partial charge in [0.15, 0.2) is 5.69 Å². The molecule has 1 aromatic heterocycles. The summed E-state index contributed by atoms with van der Waals surface area (Å²) in [6, 6.07) is 2.72. The first-order chi connectivity index (χ1) is 12.5. The third-order valence-corrected chi connectivity index (χ3v) is 5.58. The molecule has 0 saturated carbocycles. The van der Waals surface area contributed by atoms with Gasteiger partial charge in [0.1, 0.15) is 16.7 Å². The third-order valence-electron chi connectivity index (χ3n) is 3.37. The molecular weight excluding hydrogens is 401 g/mol. The maximum atomic E-state index is 14.2. The molecule has 1 aromatic carbocycles. The van der Waals surface area contributed by atoms with Gasteiger partial charge in [-0.25, -0.2) is 22.6 Å². The third kappa shape index (κ3) is 4.57. The van der Waals surface area contributed by atoms with Crippen molar-refractivity contribution in [2.75, 3.05) is 10.0 Å². The van der Waals surface area contributed by atoms with E-state index >= 15 is 0 Å². The van der Waals surface area contributed by atoms with Gasteiger partial charge >= 0.3 is 5.97 Å². The lowest BCUT2D eigenvalue weighted by atomic mass is 10.1. The molecule has 2 aromatic rings. The zero-order valence-electron chi connectivity index (χ0n) is 13.7. The molecule has 10 nitrogen and oxygen atoms in total. The first-order valence-electron chi connectivity index (χ1n) is 7.17. The summed E-state index contributed by atoms with van der Waals surface area (Å²) in [7, 11) is -4.29. The van der Waals surface area contributed by atoms with Crippen molar-refractivity contribution < 1.29 is 27.5 Å². The van der Waals surface area contributed by atoms with Crippen LogP contribution < -0.4 is 15.8 Å². The molecule has 0 saturated heterocycles. The van der Waals surface area contributed by atoms with Gasteiger partial charge in [0, 0.05) is 0 Å². The van der Waals surface area contributed by atoms with Gasteiger partial charge in [-0.2, -0.15) is 0 Å². The van der Waals surface area contributed by atoms with Crippen molar-refractivity contribution in [3.63, 3.8) is 0 Å². The second kappa shape index (κ2) is 7.67. The molecule has 0 aliphatic heterocycles. The number of benzene rings is 1. The monoisotopic (exact) mass is 415 g/mol. The first kappa shape index (κ1) is 20.3. The van der Waals surface area contributed by atoms with E-state index in [1.807, 2.05) is 4.72 Å². The van der Waals surface area contributed by atoms with Crippen molar-refractivity contribution in [2.45, 2.75) is 11.8 Å². The molecule has 1 amide bonds. The molecule has 1 unspecified atom stereocenters. The van der Waals surface area contributed by atoms with Crippen molar-refractivity contribution in [1.82, 2.24) is 4.98 Å². The number of carboxylic acid groups (broad SMARTS) is 1. The van der Waals surface area contributed by atoms with Gasteiger partial charge in [0.2, 0.25) is 5.91 Å². The number of nitrogens with zero attached hydrogens (tertiary/aromatic N) is 1. The fraction of sp³-hybridized carbons (Fsp3) is 0.143. The van der Waals surface area contributed by atoms with E-state index in [2.05, 4.69) is 10.3 Å². The highest BCUT2D eigenvalue weighted by molar-refractivity contribution is 7.93. The molecule has 6 N–H and O–H groups in total. The van der Waals surface area contributed by atoms with E-state index in [0.717, 1.165) is 29.0 Å². The number of rotatable bonds is 7. The Morgan fingerprint density at radius 1 is 1.41 bits per heavy atom. The number of nitrogens with one attached hydrogen (secondary N) is 3. The van der Waals surface area contributed by atoms with Crippen LogP contribution in [0.3, 0.4) is 0 Å². The van der Waals surface area contributed by atoms with Crippen molar-refractivity contribution in [3.05, 3.63) is 35.2 Å². The summed E-state index contributed by atoms with van der Waals surface area (Å²) in [6.07, 6.45) is 0. The molecule has 2 rings (SSSR count). The Morgan fingerprint density at radius 3 is 2.63 bits per heavy atom. The zero-order chi connectivity index (χ0) is 20.4. The highest BCUT2D eigenvalue weighted by Crippen LogP contribution is 2.26. The van der Waals surface area contributed by atoms with E-state index in [0.29, 0.717) is 6.07 Å². The summed E-state index contributed by atoms with van der Waals surface area (Å²) in [5, 5.41) is 18.1. The number of aromatic carboxylic acids is 1. The van der Waals surface area contributed by atoms with E-state index in [1.165, 1.54) is 6.92 Å². The lowest BCUT2D eigenvalue weighted by molar-refractivity contribution is -0.117. The van der Waals surface area contributed by atoms with E-state index in [4.69, 9.17) is 16.2 Å². The number of thiazole rings is 1. The standard InChI is InChI=1S/C14H14FN5O5S2/c1-6(11(16)17)12(21)19-9-3-2-7(4-8(9)15)27(24,25)20-13-10(14(22)23)18-5-26-13/h2-6,20H,1H3,(H3,16,17)(H,19,21)(H,22,23). The topological polar surface area (TPSA) is 175 Å². The van der Waals surface area contributed by atoms with Gasteiger partial charge in [-0.05, 0) is 25.1 Å². The second-order valence-electron chi connectivity index (χ2n) is 5.25. The summed E-state index contributed by atoms with van der Waals surface area (Å²) in [5.41, 5.74) is 5.58. The minimum absolute atomic E-state index is 0.226. The predicted octanol–water partition coefficient (Wildman–Crippen LogP) is 1.29. The molecule has 144 valence electrons. The number of sulfonamides is 1. The fourth-order valence-corrected chi connectivity index (χ4v) is 3.80. The average Bonchev–Trinajstić information content (AvgIpc) is 3.03. The number of amidine groups is 1. The Labute approximate surface area is 156 Å². The van der Waals surface area contributed by atoms with Crippen LogP contribution in [0, 0.1) is 17.1 Å². The van der Waals surface area contributed by atoms with Gasteiger partial charge in [0.05, 0.1) is 22.0 Å². The van der Waals surface area contributed by atoms with Crippen LogP contribution in [0.25, 0.3) is 0 Å². The molecule has 1 atom stereocenters. The summed E-state index contributed by atoms with van der Waals surface area (Å²) < 4.78 is 40.9. The van der Waals surface area contributed by atoms with E-state index in [1.54, 1.807) is 0 Å². The van der Waals surface area contributed by atoms with Crippen LogP contribution in [0.4, 0.5) is 15.1 Å². The van der Waals surface area contributed by atoms with Crippen LogP contribution in [0.15, 0.2) is 28.6 Å². The molecule has 0 aliphatic rings. The number of hydrogen-bond acceptors (Lipinski definition) is 7. The zero-order valence-corrected chi connectivity index (χ0v) is 15.3. The predicted molar refractivity (Wildman–Crippen MR) is 96.0 cm³/mol. The van der Waals surface area contributed by atoms with E-state index in [-0.39, 0.29) is 10.7 Å². The maximum absolute atomic E-state index is 14.2. The normalized spacial score (nSPS) is 12.2. The highest BCUT2D eigenvalue weighted by Gasteiger charge is 2.23. The number of carbonyl (C=O) groups is 2. The van der Waals surface area contributed by atoms with Crippen LogP contribution in [0.1, 0.15) is 17.4 Å². The lowest BCUT2D eigenvalue weighted by Gasteiger charge is -2.12. The van der Waals surface area contributed by atoms with Crippen LogP contribution in [-0.4, -0.2) is 36.2 Å². The minimum atomic E-state index is -4.29. The van der Waals surface area contributed by atoms with Gasteiger partial charge in [0.25, 0.3) is 10.0 Å². The smallest absolute Gasteiger partial charge is 0.357 e. The van der Waals surface area contributed by atoms with Crippen LogP contribution in [-0.2, 0) is 14.8 Å². The van der Waals surface area contributed by atoms with Gasteiger partial charge in [-0.15, -0.1) is 11.3 Å². The number of carbonyl (C=O) groups excluding carboxylic acids is 1. The Kier molecular flexibility index (Phi) is 5.75. The maximum Gasteiger partial charge on any atom is 0.357 e. The van der Waals surface area contributed by atoms with Crippen LogP contribution in [0.2, 0.25) is 0 Å². The summed E-state index contributed by atoms with van der Waals surface area (Å²) in [5.74, 6) is -4.58. The Balaban J connectivity index is 2.25. The number of halogens is 1. The number of nitrogens with two attached hydrogens (primary N) is 1. The lowest BCUT2D eigenvalue weighted by Crippen LogP contribution is -2.31. The molecule has 13 heteroatoms. The molecule has 1 heterocycles. The number of amides is 1. The summed E-state index contributed by atoms with van der Waals surface area (Å²) in [6.45, 7) is 1.35. The molecule has 27 heavy (non-hydrogen) atoms. The summed E-state index contributed by atoms with van der Waals surface area (Å²) >= 11 is 0.756. The van der Waals surface area contributed by atoms with Crippen molar-refractivity contribution in [2.24, 2.45) is 11.7 Å². The van der Waals surface area contributed by atoms with Crippen molar-refractivity contribution in [1.29, 1.82) is 5.41 Å². The Morgan fingerprint density at radius 2 is 2.07 bits per heavy atom. The first-order valence-corrected chi connectivity index (χ1v) is 9.53. The second-order valence-corrected chi connectivity index (χ2v) is 7.79. The van der Waals surface area contributed by atoms with Crippen molar-refractivity contribution in [3.8, 4) is 0 Å². The van der Waals surface area contributed by atoms with E-state index in [9.17, 15) is 22.4 Å². The molecular formula is C14H14FN5O5S2. The summed E-state index contributed by atoms with van der Waals surface area (Å²) in [4.78, 5) is 25.9. The van der Waals surface area contributed by atoms with Crippen molar-refractivity contribution >= 4 is 49.8 Å². The van der Waals surface area contributed by atoms with Crippen LogP contribution in [0.5, 0.6) is 0 Å². The average molecular weight is 415 g/mol. The van der Waals surface area contributed by atoms with Crippen LogP contribution >= 0.6 is 11.3 Å². The number of carboxylic acids is 1. The van der Waals surface area contributed by atoms with E-state index < -0.39 is 50.1 Å². The van der Waals surface area contributed by atoms with Gasteiger partial charge in [-0.3, -0.25) is 14.9 Å². The fourth-order valence-electron chi connectivity index (χ4n) is 1.80. The highest BCUT2D eigenvalue weighted by atomic mass is 32.2.